The predicted molar refractivity (Wildman–Crippen MR) is 45.1 cm³/mol. The second kappa shape index (κ2) is 3.28. The Balaban J connectivity index is 3.13. The third kappa shape index (κ3) is 2.14. The Hall–Kier alpha value is -1.19. The molecule has 0 aliphatic carbocycles. The highest BCUT2D eigenvalue weighted by atomic mass is 19.3. The summed E-state index contributed by atoms with van der Waals surface area (Å²) in [4.78, 5) is 3.86. The van der Waals surface area contributed by atoms with Crippen LogP contribution in [0.25, 0.3) is 0 Å². The van der Waals surface area contributed by atoms with Crippen LogP contribution in [-0.4, -0.2) is 12.1 Å². The second-order valence-electron chi connectivity index (χ2n) is 2.87. The molecule has 0 radical (unpaired) electrons. The molecule has 0 saturated carbocycles. The summed E-state index contributed by atoms with van der Waals surface area (Å²) in [5, 5.41) is 0. The van der Waals surface area contributed by atoms with Gasteiger partial charge in [0.1, 0.15) is 0 Å². The third-order valence-corrected chi connectivity index (χ3v) is 1.74. The summed E-state index contributed by atoms with van der Waals surface area (Å²) in [6.07, 6.45) is 0. The molecule has 0 aliphatic heterocycles. The maximum atomic E-state index is 12.9. The molecule has 13 heavy (non-hydrogen) atoms. The first-order valence-electron chi connectivity index (χ1n) is 3.85. The largest absolute Gasteiger partial charge is 0.481 e. The zero-order chi connectivity index (χ0) is 10.1. The molecule has 0 saturated heterocycles. The molecule has 0 atom stereocenters. The molecule has 1 heterocycles. The van der Waals surface area contributed by atoms with Crippen molar-refractivity contribution < 1.29 is 13.5 Å². The van der Waals surface area contributed by atoms with Crippen LogP contribution >= 0.6 is 0 Å². The van der Waals surface area contributed by atoms with E-state index < -0.39 is 5.92 Å². The molecule has 1 aromatic heterocycles. The van der Waals surface area contributed by atoms with Gasteiger partial charge in [-0.05, 0) is 13.0 Å². The van der Waals surface area contributed by atoms with E-state index in [9.17, 15) is 8.78 Å². The van der Waals surface area contributed by atoms with Crippen LogP contribution in [0, 0.1) is 6.92 Å². The molecule has 1 aromatic rings. The molecule has 0 amide bonds. The van der Waals surface area contributed by atoms with E-state index in [0.717, 1.165) is 6.92 Å². The van der Waals surface area contributed by atoms with Crippen molar-refractivity contribution in [2.45, 2.75) is 19.8 Å². The van der Waals surface area contributed by atoms with Crippen LogP contribution in [0.2, 0.25) is 0 Å². The Labute approximate surface area is 75.6 Å². The summed E-state index contributed by atoms with van der Waals surface area (Å²) in [5.41, 5.74) is 0.236. The molecule has 0 N–H and O–H groups in total. The molecular formula is C9H11F2NO. The van der Waals surface area contributed by atoms with Crippen LogP contribution in [0.3, 0.4) is 0 Å². The number of ether oxygens (including phenoxy) is 1. The van der Waals surface area contributed by atoms with E-state index in [4.69, 9.17) is 4.74 Å². The molecule has 0 spiro atoms. The smallest absolute Gasteiger partial charge is 0.272 e. The summed E-state index contributed by atoms with van der Waals surface area (Å²) in [6.45, 7) is 2.39. The SMILES string of the molecule is COc1ccc(C(C)(F)F)c(C)n1. The van der Waals surface area contributed by atoms with Crippen molar-refractivity contribution in [3.05, 3.63) is 23.4 Å². The first kappa shape index (κ1) is 9.89. The maximum absolute atomic E-state index is 12.9. The Morgan fingerprint density at radius 1 is 1.38 bits per heavy atom. The molecule has 72 valence electrons. The van der Waals surface area contributed by atoms with Gasteiger partial charge >= 0.3 is 0 Å². The van der Waals surface area contributed by atoms with Crippen molar-refractivity contribution in [3.63, 3.8) is 0 Å². The van der Waals surface area contributed by atoms with Gasteiger partial charge < -0.3 is 4.74 Å². The van der Waals surface area contributed by atoms with Crippen LogP contribution in [0.4, 0.5) is 8.78 Å². The van der Waals surface area contributed by atoms with Crippen LogP contribution < -0.4 is 4.74 Å². The zero-order valence-electron chi connectivity index (χ0n) is 7.77. The summed E-state index contributed by atoms with van der Waals surface area (Å²) in [7, 11) is 1.45. The van der Waals surface area contributed by atoms with Gasteiger partial charge in [-0.2, -0.15) is 0 Å². The molecule has 0 fully saturated rings. The quantitative estimate of drug-likeness (QED) is 0.709. The first-order valence-corrected chi connectivity index (χ1v) is 3.85. The Morgan fingerprint density at radius 3 is 2.38 bits per heavy atom. The van der Waals surface area contributed by atoms with Crippen molar-refractivity contribution in [3.8, 4) is 5.88 Å². The lowest BCUT2D eigenvalue weighted by atomic mass is 10.1. The van der Waals surface area contributed by atoms with Gasteiger partial charge in [-0.1, -0.05) is 0 Å². The lowest BCUT2D eigenvalue weighted by Gasteiger charge is -2.13. The summed E-state index contributed by atoms with van der Waals surface area (Å²) < 4.78 is 30.5. The number of pyridine rings is 1. The lowest BCUT2D eigenvalue weighted by Crippen LogP contribution is -2.10. The number of rotatable bonds is 2. The molecule has 0 unspecified atom stereocenters. The van der Waals surface area contributed by atoms with Gasteiger partial charge in [0, 0.05) is 18.6 Å². The number of alkyl halides is 2. The first-order chi connectivity index (χ1) is 5.95. The minimum absolute atomic E-state index is 0.0618. The highest BCUT2D eigenvalue weighted by Gasteiger charge is 2.26. The van der Waals surface area contributed by atoms with Crippen molar-refractivity contribution in [1.29, 1.82) is 0 Å². The average molecular weight is 187 g/mol. The number of methoxy groups -OCH3 is 1. The molecule has 1 rings (SSSR count). The molecule has 0 aromatic carbocycles. The highest BCUT2D eigenvalue weighted by Crippen LogP contribution is 2.29. The number of nitrogens with zero attached hydrogens (tertiary/aromatic N) is 1. The van der Waals surface area contributed by atoms with Gasteiger partial charge in [0.2, 0.25) is 5.88 Å². The Morgan fingerprint density at radius 2 is 2.00 bits per heavy atom. The van der Waals surface area contributed by atoms with Crippen molar-refractivity contribution in [2.75, 3.05) is 7.11 Å². The highest BCUT2D eigenvalue weighted by molar-refractivity contribution is 5.28. The number of hydrogen-bond donors (Lipinski definition) is 0. The van der Waals surface area contributed by atoms with E-state index >= 15 is 0 Å². The van der Waals surface area contributed by atoms with E-state index in [1.807, 2.05) is 0 Å². The number of hydrogen-bond acceptors (Lipinski definition) is 2. The Kier molecular flexibility index (Phi) is 2.50. The van der Waals surface area contributed by atoms with Gasteiger partial charge in [0.15, 0.2) is 0 Å². The molecule has 0 aliphatic rings. The molecule has 0 bridgehead atoms. The summed E-state index contributed by atoms with van der Waals surface area (Å²) in [6, 6.07) is 2.76. The van der Waals surface area contributed by atoms with Crippen LogP contribution in [-0.2, 0) is 5.92 Å². The van der Waals surface area contributed by atoms with Crippen LogP contribution in [0.15, 0.2) is 12.1 Å². The van der Waals surface area contributed by atoms with E-state index in [2.05, 4.69) is 4.98 Å². The third-order valence-electron chi connectivity index (χ3n) is 1.74. The molecule has 4 heteroatoms. The monoisotopic (exact) mass is 187 g/mol. The minimum Gasteiger partial charge on any atom is -0.481 e. The van der Waals surface area contributed by atoms with Gasteiger partial charge in [-0.25, -0.2) is 13.8 Å². The van der Waals surface area contributed by atoms with Gasteiger partial charge in [-0.3, -0.25) is 0 Å². The average Bonchev–Trinajstić information content (AvgIpc) is 2.01. The van der Waals surface area contributed by atoms with Crippen molar-refractivity contribution >= 4 is 0 Å². The number of aryl methyl sites for hydroxylation is 1. The standard InChI is InChI=1S/C9H11F2NO/c1-6-7(9(2,10)11)4-5-8(12-6)13-3/h4-5H,1-3H3. The van der Waals surface area contributed by atoms with Crippen LogP contribution in [0.1, 0.15) is 18.2 Å². The second-order valence-corrected chi connectivity index (χ2v) is 2.87. The fourth-order valence-electron chi connectivity index (χ4n) is 1.12. The number of halogens is 2. The van der Waals surface area contributed by atoms with E-state index in [-0.39, 0.29) is 5.56 Å². The van der Waals surface area contributed by atoms with E-state index in [0.29, 0.717) is 11.6 Å². The minimum atomic E-state index is -2.84. The zero-order valence-corrected chi connectivity index (χ0v) is 7.77. The topological polar surface area (TPSA) is 22.1 Å². The van der Waals surface area contributed by atoms with Gasteiger partial charge in [0.05, 0.1) is 12.8 Å². The van der Waals surface area contributed by atoms with Crippen LogP contribution in [0.5, 0.6) is 5.88 Å². The summed E-state index contributed by atoms with van der Waals surface area (Å²) in [5.74, 6) is -2.49. The summed E-state index contributed by atoms with van der Waals surface area (Å²) >= 11 is 0. The van der Waals surface area contributed by atoms with E-state index in [1.165, 1.54) is 26.2 Å². The van der Waals surface area contributed by atoms with Gasteiger partial charge in [0.25, 0.3) is 5.92 Å². The Bertz CT molecular complexity index is 307. The maximum Gasteiger partial charge on any atom is 0.272 e. The molecular weight excluding hydrogens is 176 g/mol. The van der Waals surface area contributed by atoms with Crippen molar-refractivity contribution in [2.24, 2.45) is 0 Å². The van der Waals surface area contributed by atoms with E-state index in [1.54, 1.807) is 0 Å². The molecule has 2 nitrogen and oxygen atoms in total. The lowest BCUT2D eigenvalue weighted by molar-refractivity contribution is 0.0163. The predicted octanol–water partition coefficient (Wildman–Crippen LogP) is 2.51. The van der Waals surface area contributed by atoms with Crippen molar-refractivity contribution in [1.82, 2.24) is 4.98 Å². The fourth-order valence-corrected chi connectivity index (χ4v) is 1.12. The fraction of sp³-hybridized carbons (Fsp3) is 0.444. The van der Waals surface area contributed by atoms with Gasteiger partial charge in [-0.15, -0.1) is 0 Å². The number of aromatic nitrogens is 1. The normalized spacial score (nSPS) is 11.5.